The van der Waals surface area contributed by atoms with Crippen LogP contribution in [-0.2, 0) is 0 Å². The lowest BCUT2D eigenvalue weighted by molar-refractivity contribution is 0.625. The number of halogens is 2. The highest BCUT2D eigenvalue weighted by atomic mass is 35.5. The second kappa shape index (κ2) is 3.20. The summed E-state index contributed by atoms with van der Waals surface area (Å²) in [6.45, 7) is 0. The molecule has 5 heteroatoms. The number of aromatic nitrogens is 2. The Hall–Kier alpha value is -1.73. The van der Waals surface area contributed by atoms with Gasteiger partial charge in [-0.2, -0.15) is 5.26 Å². The standard InChI is InChI=1S/C9H3ClFN3/c10-9-6-2-7(11)5(3-12)1-8(6)13-4-14-9/h1-2,4H. The molecule has 0 atom stereocenters. The first-order valence-corrected chi connectivity index (χ1v) is 4.10. The van der Waals surface area contributed by atoms with Crippen molar-refractivity contribution in [3.8, 4) is 6.07 Å². The van der Waals surface area contributed by atoms with Gasteiger partial charge in [-0.05, 0) is 12.1 Å². The summed E-state index contributed by atoms with van der Waals surface area (Å²) in [5.74, 6) is -0.614. The minimum atomic E-state index is -0.614. The molecule has 0 fully saturated rings. The zero-order valence-corrected chi connectivity index (χ0v) is 7.59. The van der Waals surface area contributed by atoms with Gasteiger partial charge in [-0.15, -0.1) is 0 Å². The number of nitriles is 1. The van der Waals surface area contributed by atoms with E-state index in [2.05, 4.69) is 9.97 Å². The summed E-state index contributed by atoms with van der Waals surface area (Å²) in [5, 5.41) is 9.17. The number of hydrogen-bond acceptors (Lipinski definition) is 3. The van der Waals surface area contributed by atoms with Crippen LogP contribution in [0.4, 0.5) is 4.39 Å². The van der Waals surface area contributed by atoms with Gasteiger partial charge in [0.1, 0.15) is 23.4 Å². The van der Waals surface area contributed by atoms with E-state index in [1.54, 1.807) is 6.07 Å². The van der Waals surface area contributed by atoms with Gasteiger partial charge in [0, 0.05) is 5.39 Å². The monoisotopic (exact) mass is 207 g/mol. The third kappa shape index (κ3) is 1.28. The summed E-state index contributed by atoms with van der Waals surface area (Å²) in [6.07, 6.45) is 1.27. The molecule has 2 aromatic rings. The van der Waals surface area contributed by atoms with Crippen LogP contribution in [-0.4, -0.2) is 9.97 Å². The maximum absolute atomic E-state index is 13.2. The van der Waals surface area contributed by atoms with Gasteiger partial charge in [-0.25, -0.2) is 14.4 Å². The topological polar surface area (TPSA) is 49.6 Å². The lowest BCUT2D eigenvalue weighted by Gasteiger charge is -1.99. The normalized spacial score (nSPS) is 10.1. The van der Waals surface area contributed by atoms with E-state index < -0.39 is 5.82 Å². The first-order chi connectivity index (χ1) is 6.72. The van der Waals surface area contributed by atoms with E-state index in [0.717, 1.165) is 6.07 Å². The molecule has 0 amide bonds. The number of rotatable bonds is 0. The Morgan fingerprint density at radius 2 is 2.14 bits per heavy atom. The minimum Gasteiger partial charge on any atom is -0.236 e. The first kappa shape index (κ1) is 8.85. The fourth-order valence-corrected chi connectivity index (χ4v) is 1.33. The van der Waals surface area contributed by atoms with Crippen LogP contribution >= 0.6 is 11.6 Å². The highest BCUT2D eigenvalue weighted by Gasteiger charge is 2.07. The first-order valence-electron chi connectivity index (χ1n) is 3.72. The molecule has 0 unspecified atom stereocenters. The molecule has 0 spiro atoms. The maximum atomic E-state index is 13.2. The number of fused-ring (bicyclic) bond motifs is 1. The van der Waals surface area contributed by atoms with Crippen molar-refractivity contribution in [3.63, 3.8) is 0 Å². The summed E-state index contributed by atoms with van der Waals surface area (Å²) < 4.78 is 13.2. The molecular formula is C9H3ClFN3. The molecule has 0 aliphatic carbocycles. The average molecular weight is 208 g/mol. The Morgan fingerprint density at radius 1 is 1.36 bits per heavy atom. The largest absolute Gasteiger partial charge is 0.236 e. The van der Waals surface area contributed by atoms with Crippen LogP contribution in [0.25, 0.3) is 10.9 Å². The predicted molar refractivity (Wildman–Crippen MR) is 49.2 cm³/mol. The summed E-state index contributed by atoms with van der Waals surface area (Å²) >= 11 is 5.72. The van der Waals surface area contributed by atoms with E-state index in [1.165, 1.54) is 12.4 Å². The molecular weight excluding hydrogens is 205 g/mol. The zero-order chi connectivity index (χ0) is 10.1. The smallest absolute Gasteiger partial charge is 0.141 e. The lowest BCUT2D eigenvalue weighted by atomic mass is 10.1. The summed E-state index contributed by atoms with van der Waals surface area (Å²) in [5.41, 5.74) is 0.412. The van der Waals surface area contributed by atoms with Crippen molar-refractivity contribution >= 4 is 22.5 Å². The molecule has 0 radical (unpaired) electrons. The van der Waals surface area contributed by atoms with Crippen molar-refractivity contribution in [1.82, 2.24) is 9.97 Å². The van der Waals surface area contributed by atoms with Crippen molar-refractivity contribution in [2.45, 2.75) is 0 Å². The highest BCUT2D eigenvalue weighted by molar-refractivity contribution is 6.34. The quantitative estimate of drug-likeness (QED) is 0.623. The maximum Gasteiger partial charge on any atom is 0.141 e. The molecule has 1 heterocycles. The second-order valence-electron chi connectivity index (χ2n) is 2.63. The van der Waals surface area contributed by atoms with Crippen LogP contribution in [0.1, 0.15) is 5.56 Å². The molecule has 0 N–H and O–H groups in total. The van der Waals surface area contributed by atoms with E-state index in [-0.39, 0.29) is 10.7 Å². The third-order valence-electron chi connectivity index (χ3n) is 1.80. The molecule has 3 nitrogen and oxygen atoms in total. The lowest BCUT2D eigenvalue weighted by Crippen LogP contribution is -1.89. The van der Waals surface area contributed by atoms with E-state index in [4.69, 9.17) is 16.9 Å². The average Bonchev–Trinajstić information content (AvgIpc) is 2.19. The van der Waals surface area contributed by atoms with Crippen molar-refractivity contribution in [3.05, 3.63) is 35.0 Å². The molecule has 14 heavy (non-hydrogen) atoms. The SMILES string of the molecule is N#Cc1cc2ncnc(Cl)c2cc1F. The van der Waals surface area contributed by atoms with E-state index in [0.29, 0.717) is 10.9 Å². The third-order valence-corrected chi connectivity index (χ3v) is 2.10. The number of nitrogens with zero attached hydrogens (tertiary/aromatic N) is 3. The molecule has 1 aromatic carbocycles. The van der Waals surface area contributed by atoms with Crippen LogP contribution in [0.3, 0.4) is 0 Å². The summed E-state index contributed by atoms with van der Waals surface area (Å²) in [4.78, 5) is 7.59. The molecule has 68 valence electrons. The van der Waals surface area contributed by atoms with Crippen molar-refractivity contribution in [1.29, 1.82) is 5.26 Å². The van der Waals surface area contributed by atoms with Gasteiger partial charge < -0.3 is 0 Å². The van der Waals surface area contributed by atoms with Crippen LogP contribution in [0.5, 0.6) is 0 Å². The second-order valence-corrected chi connectivity index (χ2v) is 2.98. The molecule has 0 aliphatic heterocycles. The Labute approximate surface area is 83.8 Å². The number of benzene rings is 1. The van der Waals surface area contributed by atoms with E-state index in [9.17, 15) is 4.39 Å². The van der Waals surface area contributed by atoms with Crippen molar-refractivity contribution in [2.75, 3.05) is 0 Å². The summed E-state index contributed by atoms with van der Waals surface area (Å²) in [7, 11) is 0. The van der Waals surface area contributed by atoms with Gasteiger partial charge in [-0.3, -0.25) is 0 Å². The Balaban J connectivity index is 2.88. The van der Waals surface area contributed by atoms with Gasteiger partial charge in [-0.1, -0.05) is 11.6 Å². The van der Waals surface area contributed by atoms with Crippen LogP contribution < -0.4 is 0 Å². The van der Waals surface area contributed by atoms with Crippen molar-refractivity contribution in [2.24, 2.45) is 0 Å². The fourth-order valence-electron chi connectivity index (χ4n) is 1.13. The van der Waals surface area contributed by atoms with Gasteiger partial charge >= 0.3 is 0 Å². The van der Waals surface area contributed by atoms with Gasteiger partial charge in [0.15, 0.2) is 0 Å². The van der Waals surface area contributed by atoms with E-state index >= 15 is 0 Å². The Bertz CT molecular complexity index is 547. The van der Waals surface area contributed by atoms with Gasteiger partial charge in [0.05, 0.1) is 11.1 Å². The fraction of sp³-hybridized carbons (Fsp3) is 0. The molecule has 0 bridgehead atoms. The van der Waals surface area contributed by atoms with Crippen LogP contribution in [0.2, 0.25) is 5.15 Å². The van der Waals surface area contributed by atoms with Gasteiger partial charge in [0.2, 0.25) is 0 Å². The summed E-state index contributed by atoms with van der Waals surface area (Å²) in [6, 6.07) is 4.24. The molecule has 0 saturated carbocycles. The number of hydrogen-bond donors (Lipinski definition) is 0. The van der Waals surface area contributed by atoms with Crippen LogP contribution in [0, 0.1) is 17.1 Å². The molecule has 1 aromatic heterocycles. The molecule has 2 rings (SSSR count). The van der Waals surface area contributed by atoms with Gasteiger partial charge in [0.25, 0.3) is 0 Å². The Kier molecular flexibility index (Phi) is 2.02. The van der Waals surface area contributed by atoms with E-state index in [1.807, 2.05) is 0 Å². The minimum absolute atomic E-state index is 0.0488. The van der Waals surface area contributed by atoms with Crippen LogP contribution in [0.15, 0.2) is 18.5 Å². The van der Waals surface area contributed by atoms with Crippen molar-refractivity contribution < 1.29 is 4.39 Å². The molecule has 0 saturated heterocycles. The zero-order valence-electron chi connectivity index (χ0n) is 6.83. The molecule has 0 aliphatic rings. The Morgan fingerprint density at radius 3 is 2.86 bits per heavy atom. The highest BCUT2D eigenvalue weighted by Crippen LogP contribution is 2.21. The predicted octanol–water partition coefficient (Wildman–Crippen LogP) is 2.29.